The minimum absolute atomic E-state index is 0.0855. The smallest absolute Gasteiger partial charge is 0.239 e. The number of rotatable bonds is 4. The number of nitrogens with zero attached hydrogens (tertiary/aromatic N) is 1. The minimum Gasteiger partial charge on any atom is -0.341 e. The standard InChI is InChI=1S/C15H24N2OS/c1-11-9-14(13(3)19-11)10-16-12(2)15(18)17-7-5-4-6-8-17/h9,12,16H,4-8,10H2,1-3H3. The zero-order valence-electron chi connectivity index (χ0n) is 12.2. The third-order valence-corrected chi connectivity index (χ3v) is 4.79. The summed E-state index contributed by atoms with van der Waals surface area (Å²) in [4.78, 5) is 17.0. The maximum Gasteiger partial charge on any atom is 0.239 e. The van der Waals surface area contributed by atoms with Crippen LogP contribution >= 0.6 is 11.3 Å². The molecule has 1 amide bonds. The average Bonchev–Trinajstić information content (AvgIpc) is 2.74. The second-order valence-electron chi connectivity index (χ2n) is 5.43. The third-order valence-electron chi connectivity index (χ3n) is 3.78. The van der Waals surface area contributed by atoms with E-state index < -0.39 is 0 Å². The number of amides is 1. The first-order valence-electron chi connectivity index (χ1n) is 7.16. The van der Waals surface area contributed by atoms with Gasteiger partial charge in [0.25, 0.3) is 0 Å². The summed E-state index contributed by atoms with van der Waals surface area (Å²) in [6.07, 6.45) is 3.57. The molecule has 1 atom stereocenters. The molecule has 0 saturated carbocycles. The van der Waals surface area contributed by atoms with E-state index in [1.165, 1.54) is 21.7 Å². The van der Waals surface area contributed by atoms with E-state index in [0.29, 0.717) is 0 Å². The Balaban J connectivity index is 1.84. The van der Waals surface area contributed by atoms with Crippen LogP contribution in [-0.4, -0.2) is 29.9 Å². The summed E-state index contributed by atoms with van der Waals surface area (Å²) in [5.74, 6) is 0.254. The number of thiophene rings is 1. The fourth-order valence-corrected chi connectivity index (χ4v) is 3.54. The highest BCUT2D eigenvalue weighted by Crippen LogP contribution is 2.20. The summed E-state index contributed by atoms with van der Waals surface area (Å²) in [6.45, 7) is 8.90. The molecule has 1 saturated heterocycles. The number of hydrogen-bond acceptors (Lipinski definition) is 3. The van der Waals surface area contributed by atoms with Gasteiger partial charge in [0.1, 0.15) is 0 Å². The Morgan fingerprint density at radius 3 is 2.63 bits per heavy atom. The Hall–Kier alpha value is -0.870. The molecule has 0 radical (unpaired) electrons. The predicted octanol–water partition coefficient (Wildman–Crippen LogP) is 2.86. The van der Waals surface area contributed by atoms with E-state index in [-0.39, 0.29) is 11.9 Å². The van der Waals surface area contributed by atoms with Crippen molar-refractivity contribution in [2.45, 2.75) is 52.6 Å². The highest BCUT2D eigenvalue weighted by Gasteiger charge is 2.21. The Bertz CT molecular complexity index is 435. The lowest BCUT2D eigenvalue weighted by atomic mass is 10.1. The van der Waals surface area contributed by atoms with Gasteiger partial charge in [-0.05, 0) is 51.7 Å². The SMILES string of the molecule is Cc1cc(CNC(C)C(=O)N2CCCCC2)c(C)s1. The maximum atomic E-state index is 12.3. The molecule has 19 heavy (non-hydrogen) atoms. The zero-order valence-corrected chi connectivity index (χ0v) is 13.0. The van der Waals surface area contributed by atoms with Crippen LogP contribution < -0.4 is 5.32 Å². The van der Waals surface area contributed by atoms with Crippen molar-refractivity contribution in [1.29, 1.82) is 0 Å². The number of carbonyl (C=O) groups excluding carboxylic acids is 1. The van der Waals surface area contributed by atoms with Crippen molar-refractivity contribution in [3.63, 3.8) is 0 Å². The molecular formula is C15H24N2OS. The molecule has 106 valence electrons. The highest BCUT2D eigenvalue weighted by molar-refractivity contribution is 7.12. The molecule has 1 N–H and O–H groups in total. The van der Waals surface area contributed by atoms with Crippen LogP contribution in [0.3, 0.4) is 0 Å². The van der Waals surface area contributed by atoms with E-state index in [2.05, 4.69) is 25.2 Å². The van der Waals surface area contributed by atoms with Gasteiger partial charge in [-0.25, -0.2) is 0 Å². The second-order valence-corrected chi connectivity index (χ2v) is 6.89. The van der Waals surface area contributed by atoms with Crippen LogP contribution in [0.4, 0.5) is 0 Å². The van der Waals surface area contributed by atoms with E-state index >= 15 is 0 Å². The molecule has 2 rings (SSSR count). The van der Waals surface area contributed by atoms with Crippen LogP contribution in [-0.2, 0) is 11.3 Å². The topological polar surface area (TPSA) is 32.3 Å². The molecule has 0 bridgehead atoms. The summed E-state index contributed by atoms with van der Waals surface area (Å²) < 4.78 is 0. The predicted molar refractivity (Wildman–Crippen MR) is 80.5 cm³/mol. The maximum absolute atomic E-state index is 12.3. The van der Waals surface area contributed by atoms with Gasteiger partial charge in [-0.15, -0.1) is 11.3 Å². The largest absolute Gasteiger partial charge is 0.341 e. The number of piperidine rings is 1. The van der Waals surface area contributed by atoms with E-state index in [1.807, 2.05) is 23.2 Å². The van der Waals surface area contributed by atoms with Gasteiger partial charge in [-0.1, -0.05) is 0 Å². The van der Waals surface area contributed by atoms with Crippen molar-refractivity contribution < 1.29 is 4.79 Å². The van der Waals surface area contributed by atoms with E-state index in [1.54, 1.807) is 0 Å². The van der Waals surface area contributed by atoms with Crippen LogP contribution in [0.1, 0.15) is 41.5 Å². The van der Waals surface area contributed by atoms with Gasteiger partial charge in [0.15, 0.2) is 0 Å². The highest BCUT2D eigenvalue weighted by atomic mass is 32.1. The van der Waals surface area contributed by atoms with Crippen molar-refractivity contribution in [3.8, 4) is 0 Å². The van der Waals surface area contributed by atoms with Crippen molar-refractivity contribution in [2.75, 3.05) is 13.1 Å². The van der Waals surface area contributed by atoms with Crippen LogP contribution in [0, 0.1) is 13.8 Å². The molecule has 4 heteroatoms. The average molecular weight is 280 g/mol. The zero-order chi connectivity index (χ0) is 13.8. The molecule has 0 aromatic carbocycles. The first kappa shape index (κ1) is 14.5. The molecule has 0 aliphatic carbocycles. The molecule has 1 aromatic rings. The van der Waals surface area contributed by atoms with E-state index in [9.17, 15) is 4.79 Å². The fraction of sp³-hybridized carbons (Fsp3) is 0.667. The lowest BCUT2D eigenvalue weighted by Gasteiger charge is -2.29. The summed E-state index contributed by atoms with van der Waals surface area (Å²) in [5, 5.41) is 3.37. The Morgan fingerprint density at radius 1 is 1.37 bits per heavy atom. The normalized spacial score (nSPS) is 17.5. The summed E-state index contributed by atoms with van der Waals surface area (Å²) in [6, 6.07) is 2.13. The Kier molecular flexibility index (Phi) is 4.99. The number of aryl methyl sites for hydroxylation is 2. The van der Waals surface area contributed by atoms with Gasteiger partial charge < -0.3 is 10.2 Å². The number of likely N-dealkylation sites (tertiary alicyclic amines) is 1. The van der Waals surface area contributed by atoms with E-state index in [4.69, 9.17) is 0 Å². The lowest BCUT2D eigenvalue weighted by Crippen LogP contribution is -2.46. The number of nitrogens with one attached hydrogen (secondary N) is 1. The van der Waals surface area contributed by atoms with Crippen LogP contribution in [0.25, 0.3) is 0 Å². The quantitative estimate of drug-likeness (QED) is 0.920. The van der Waals surface area contributed by atoms with Gasteiger partial charge >= 0.3 is 0 Å². The van der Waals surface area contributed by atoms with Crippen molar-refractivity contribution in [3.05, 3.63) is 21.4 Å². The molecule has 1 aliphatic heterocycles. The molecule has 1 aromatic heterocycles. The number of hydrogen-bond donors (Lipinski definition) is 1. The summed E-state index contributed by atoms with van der Waals surface area (Å²) in [7, 11) is 0. The first-order valence-corrected chi connectivity index (χ1v) is 7.97. The third kappa shape index (κ3) is 3.80. The first-order chi connectivity index (χ1) is 9.08. The monoisotopic (exact) mass is 280 g/mol. The van der Waals surface area contributed by atoms with Gasteiger partial charge in [0.05, 0.1) is 6.04 Å². The van der Waals surface area contributed by atoms with Crippen LogP contribution in [0.5, 0.6) is 0 Å². The van der Waals surface area contributed by atoms with Crippen molar-refractivity contribution >= 4 is 17.2 Å². The Labute approximate surface area is 120 Å². The van der Waals surface area contributed by atoms with Crippen LogP contribution in [0.15, 0.2) is 6.07 Å². The summed E-state index contributed by atoms with van der Waals surface area (Å²) >= 11 is 1.82. The molecule has 3 nitrogen and oxygen atoms in total. The molecule has 1 unspecified atom stereocenters. The minimum atomic E-state index is -0.0855. The molecule has 1 fully saturated rings. The fourth-order valence-electron chi connectivity index (χ4n) is 2.60. The van der Waals surface area contributed by atoms with E-state index in [0.717, 1.165) is 32.5 Å². The number of carbonyl (C=O) groups is 1. The molecule has 0 spiro atoms. The Morgan fingerprint density at radius 2 is 2.05 bits per heavy atom. The van der Waals surface area contributed by atoms with Gasteiger partial charge in [-0.3, -0.25) is 4.79 Å². The summed E-state index contributed by atoms with van der Waals surface area (Å²) in [5.41, 5.74) is 1.32. The van der Waals surface area contributed by atoms with Crippen LogP contribution in [0.2, 0.25) is 0 Å². The molecule has 2 heterocycles. The van der Waals surface area contributed by atoms with Gasteiger partial charge in [0.2, 0.25) is 5.91 Å². The second kappa shape index (κ2) is 6.53. The molecule has 1 aliphatic rings. The van der Waals surface area contributed by atoms with Gasteiger partial charge in [0, 0.05) is 29.4 Å². The van der Waals surface area contributed by atoms with Crippen molar-refractivity contribution in [2.24, 2.45) is 0 Å². The molecular weight excluding hydrogens is 256 g/mol. The van der Waals surface area contributed by atoms with Gasteiger partial charge in [-0.2, -0.15) is 0 Å². The van der Waals surface area contributed by atoms with Crippen molar-refractivity contribution in [1.82, 2.24) is 10.2 Å². The lowest BCUT2D eigenvalue weighted by molar-refractivity contribution is -0.133.